The van der Waals surface area contributed by atoms with Crippen LogP contribution in [0, 0.1) is 5.82 Å². The maximum Gasteiger partial charge on any atom is 0.320 e. The van der Waals surface area contributed by atoms with Gasteiger partial charge in [0.05, 0.1) is 5.01 Å². The highest BCUT2D eigenvalue weighted by molar-refractivity contribution is 7.09. The lowest BCUT2D eigenvalue weighted by atomic mass is 9.94. The summed E-state index contributed by atoms with van der Waals surface area (Å²) in [4.78, 5) is 41.3. The van der Waals surface area contributed by atoms with E-state index < -0.39 is 5.54 Å². The minimum Gasteiger partial charge on any atom is -0.353 e. The molecule has 0 saturated carbocycles. The number of benzene rings is 1. The van der Waals surface area contributed by atoms with Crippen molar-refractivity contribution in [1.82, 2.24) is 25.1 Å². The maximum atomic E-state index is 13.2. The Morgan fingerprint density at radius 2 is 1.69 bits per heavy atom. The van der Waals surface area contributed by atoms with Crippen LogP contribution in [0.15, 0.2) is 54.0 Å². The van der Waals surface area contributed by atoms with Crippen LogP contribution in [0.2, 0.25) is 0 Å². The van der Waals surface area contributed by atoms with E-state index in [0.717, 1.165) is 42.3 Å². The van der Waals surface area contributed by atoms with E-state index in [2.05, 4.69) is 20.2 Å². The molecule has 4 heterocycles. The van der Waals surface area contributed by atoms with Crippen LogP contribution in [0.4, 0.5) is 15.0 Å². The first kappa shape index (κ1) is 27.1. The van der Waals surface area contributed by atoms with E-state index in [4.69, 9.17) is 0 Å². The summed E-state index contributed by atoms with van der Waals surface area (Å²) in [5, 5.41) is 5.84. The third-order valence-electron chi connectivity index (χ3n) is 7.40. The fraction of sp³-hybridized carbons (Fsp3) is 0.448. The number of amides is 3. The zero-order valence-electron chi connectivity index (χ0n) is 22.5. The van der Waals surface area contributed by atoms with E-state index in [0.29, 0.717) is 38.3 Å². The van der Waals surface area contributed by atoms with Crippen LogP contribution in [0.1, 0.15) is 53.7 Å². The molecule has 0 unspecified atom stereocenters. The van der Waals surface area contributed by atoms with Gasteiger partial charge < -0.3 is 20.0 Å². The highest BCUT2D eigenvalue weighted by Crippen LogP contribution is 2.31. The van der Waals surface area contributed by atoms with E-state index in [1.165, 1.54) is 23.5 Å². The molecule has 2 aliphatic rings. The highest BCUT2D eigenvalue weighted by Gasteiger charge is 2.31. The van der Waals surface area contributed by atoms with Gasteiger partial charge in [0, 0.05) is 62.3 Å². The summed E-state index contributed by atoms with van der Waals surface area (Å²) in [6, 6.07) is 12.4. The monoisotopic (exact) mass is 550 g/mol. The van der Waals surface area contributed by atoms with Gasteiger partial charge in [-0.3, -0.25) is 4.79 Å². The number of nitrogens with one attached hydrogen (secondary N) is 1. The van der Waals surface area contributed by atoms with Crippen molar-refractivity contribution >= 4 is 29.1 Å². The van der Waals surface area contributed by atoms with Crippen LogP contribution in [0.5, 0.6) is 0 Å². The Hall–Kier alpha value is -3.53. The number of pyridine rings is 1. The summed E-state index contributed by atoms with van der Waals surface area (Å²) < 4.78 is 13.2. The minimum absolute atomic E-state index is 0.108. The van der Waals surface area contributed by atoms with Gasteiger partial charge in [0.25, 0.3) is 5.91 Å². The Morgan fingerprint density at radius 3 is 2.36 bits per heavy atom. The second kappa shape index (κ2) is 11.7. The Labute approximate surface area is 232 Å². The summed E-state index contributed by atoms with van der Waals surface area (Å²) in [6.07, 6.45) is 4.06. The van der Waals surface area contributed by atoms with Crippen molar-refractivity contribution < 1.29 is 14.0 Å². The smallest absolute Gasteiger partial charge is 0.320 e. The van der Waals surface area contributed by atoms with Gasteiger partial charge in [-0.15, -0.1) is 11.3 Å². The van der Waals surface area contributed by atoms with Crippen LogP contribution < -0.4 is 10.2 Å². The molecule has 0 radical (unpaired) electrons. The molecule has 0 atom stereocenters. The number of carbonyl (C=O) groups excluding carboxylic acids is 2. The van der Waals surface area contributed by atoms with Crippen LogP contribution in [0.25, 0.3) is 0 Å². The highest BCUT2D eigenvalue weighted by atomic mass is 32.1. The van der Waals surface area contributed by atoms with Gasteiger partial charge in [-0.2, -0.15) is 0 Å². The molecule has 1 aromatic carbocycles. The number of thiazole rings is 1. The normalized spacial score (nSPS) is 16.8. The van der Waals surface area contributed by atoms with Gasteiger partial charge in [0.2, 0.25) is 0 Å². The number of hydrogen-bond acceptors (Lipinski definition) is 6. The van der Waals surface area contributed by atoms with Crippen molar-refractivity contribution in [2.24, 2.45) is 0 Å². The predicted molar refractivity (Wildman–Crippen MR) is 151 cm³/mol. The molecule has 2 saturated heterocycles. The predicted octanol–water partition coefficient (Wildman–Crippen LogP) is 4.55. The molecule has 1 N–H and O–H groups in total. The molecular formula is C29H35FN6O2S. The summed E-state index contributed by atoms with van der Waals surface area (Å²) in [5.41, 5.74) is 0.872. The minimum atomic E-state index is -0.506. The van der Waals surface area contributed by atoms with Crippen LogP contribution >= 0.6 is 11.3 Å². The Morgan fingerprint density at radius 1 is 1.00 bits per heavy atom. The van der Waals surface area contributed by atoms with Gasteiger partial charge in [-0.25, -0.2) is 19.2 Å². The van der Waals surface area contributed by atoms with Crippen molar-refractivity contribution in [1.29, 1.82) is 0 Å². The molecule has 2 aromatic heterocycles. The maximum absolute atomic E-state index is 13.2. The molecule has 0 aliphatic carbocycles. The van der Waals surface area contributed by atoms with E-state index in [1.54, 1.807) is 18.3 Å². The van der Waals surface area contributed by atoms with Crippen LogP contribution in [-0.4, -0.2) is 76.5 Å². The van der Waals surface area contributed by atoms with Gasteiger partial charge in [-0.1, -0.05) is 18.2 Å². The zero-order valence-corrected chi connectivity index (χ0v) is 23.3. The van der Waals surface area contributed by atoms with Gasteiger partial charge in [0.15, 0.2) is 0 Å². The summed E-state index contributed by atoms with van der Waals surface area (Å²) in [5.74, 6) is 0.722. The first-order chi connectivity index (χ1) is 18.8. The van der Waals surface area contributed by atoms with Crippen molar-refractivity contribution in [3.8, 4) is 0 Å². The first-order valence-corrected chi connectivity index (χ1v) is 14.4. The molecule has 3 aromatic rings. The number of piperidine rings is 1. The fourth-order valence-corrected chi connectivity index (χ4v) is 6.26. The Kier molecular flexibility index (Phi) is 8.11. The third-order valence-corrected chi connectivity index (χ3v) is 8.41. The SMILES string of the molecule is CC(C)(Cc1ccc(F)cc1)NC(=O)c1csc(C2CCN(C(=O)N3CCN(c4ccccn4)CC3)CC2)n1. The number of nitrogens with zero attached hydrogens (tertiary/aromatic N) is 5. The largest absolute Gasteiger partial charge is 0.353 e. The molecule has 8 nitrogen and oxygen atoms in total. The number of anilines is 1. The number of likely N-dealkylation sites (tertiary alicyclic amines) is 1. The second-order valence-corrected chi connectivity index (χ2v) is 11.8. The number of hydrogen-bond donors (Lipinski definition) is 1. The number of aromatic nitrogens is 2. The molecule has 0 spiro atoms. The average molecular weight is 551 g/mol. The van der Waals surface area contributed by atoms with E-state index >= 15 is 0 Å². The molecule has 2 aliphatic heterocycles. The topological polar surface area (TPSA) is 81.7 Å². The van der Waals surface area contributed by atoms with E-state index in [-0.39, 0.29) is 23.7 Å². The number of rotatable bonds is 6. The number of piperazine rings is 1. The van der Waals surface area contributed by atoms with Gasteiger partial charge >= 0.3 is 6.03 Å². The van der Waals surface area contributed by atoms with Crippen molar-refractivity contribution in [2.75, 3.05) is 44.2 Å². The molecule has 206 valence electrons. The van der Waals surface area contributed by atoms with Crippen molar-refractivity contribution in [3.63, 3.8) is 0 Å². The van der Waals surface area contributed by atoms with Gasteiger partial charge in [-0.05, 0) is 62.9 Å². The van der Waals surface area contributed by atoms with Crippen LogP contribution in [-0.2, 0) is 6.42 Å². The first-order valence-electron chi connectivity index (χ1n) is 13.5. The van der Waals surface area contributed by atoms with Crippen molar-refractivity contribution in [3.05, 3.63) is 76.1 Å². The molecule has 5 rings (SSSR count). The quantitative estimate of drug-likeness (QED) is 0.487. The lowest BCUT2D eigenvalue weighted by Crippen LogP contribution is -2.54. The molecule has 2 fully saturated rings. The second-order valence-electron chi connectivity index (χ2n) is 10.9. The van der Waals surface area contributed by atoms with E-state index in [1.807, 2.05) is 47.2 Å². The lowest BCUT2D eigenvalue weighted by molar-refractivity contribution is 0.0908. The number of carbonyl (C=O) groups is 2. The Bertz CT molecular complexity index is 1270. The van der Waals surface area contributed by atoms with Gasteiger partial charge in [0.1, 0.15) is 17.3 Å². The Balaban J connectivity index is 1.09. The standard InChI is InChI=1S/C29H35FN6O2S/c1-29(2,19-21-6-8-23(30)9-7-21)33-26(37)24-20-39-27(32-24)22-10-13-35(14-11-22)28(38)36-17-15-34(16-18-36)25-5-3-4-12-31-25/h3-9,12,20,22H,10-11,13-19H2,1-2H3,(H,33,37). The molecule has 10 heteroatoms. The zero-order chi connectivity index (χ0) is 27.4. The molecule has 0 bridgehead atoms. The average Bonchev–Trinajstić information content (AvgIpc) is 3.45. The lowest BCUT2D eigenvalue weighted by Gasteiger charge is -2.39. The van der Waals surface area contributed by atoms with Crippen LogP contribution in [0.3, 0.4) is 0 Å². The third kappa shape index (κ3) is 6.73. The fourth-order valence-electron chi connectivity index (χ4n) is 5.29. The number of halogens is 1. The molecule has 3 amide bonds. The number of urea groups is 1. The summed E-state index contributed by atoms with van der Waals surface area (Å²) >= 11 is 1.51. The molecule has 39 heavy (non-hydrogen) atoms. The summed E-state index contributed by atoms with van der Waals surface area (Å²) in [6.45, 7) is 8.23. The molecular weight excluding hydrogens is 515 g/mol. The van der Waals surface area contributed by atoms with Crippen molar-refractivity contribution in [2.45, 2.75) is 44.6 Å². The summed E-state index contributed by atoms with van der Waals surface area (Å²) in [7, 11) is 0. The van der Waals surface area contributed by atoms with E-state index in [9.17, 15) is 14.0 Å².